The van der Waals surface area contributed by atoms with Crippen LogP contribution in [0.15, 0.2) is 0 Å². The summed E-state index contributed by atoms with van der Waals surface area (Å²) in [5, 5.41) is 3.24. The van der Waals surface area contributed by atoms with Gasteiger partial charge in [-0.1, -0.05) is 6.92 Å². The molecular formula is C11H22N2OS. The van der Waals surface area contributed by atoms with Gasteiger partial charge in [-0.05, 0) is 25.5 Å². The molecule has 0 spiro atoms. The zero-order valence-electron chi connectivity index (χ0n) is 9.95. The molecule has 15 heavy (non-hydrogen) atoms. The van der Waals surface area contributed by atoms with E-state index < -0.39 is 0 Å². The minimum atomic E-state index is 0.225. The second-order valence-corrected chi connectivity index (χ2v) is 5.36. The molecule has 1 amide bonds. The molecule has 0 aromatic carbocycles. The summed E-state index contributed by atoms with van der Waals surface area (Å²) in [6.45, 7) is 4.71. The largest absolute Gasteiger partial charge is 0.341 e. The number of nitrogens with zero attached hydrogens (tertiary/aromatic N) is 1. The molecule has 1 fully saturated rings. The van der Waals surface area contributed by atoms with Crippen LogP contribution in [0.5, 0.6) is 0 Å². The number of hydrogen-bond acceptors (Lipinski definition) is 3. The SMILES string of the molecule is CCC(C)NCC(=O)N(C)C1CCSC1. The average molecular weight is 230 g/mol. The van der Waals surface area contributed by atoms with Crippen LogP contribution in [0.25, 0.3) is 0 Å². The molecule has 3 nitrogen and oxygen atoms in total. The van der Waals surface area contributed by atoms with E-state index in [4.69, 9.17) is 0 Å². The van der Waals surface area contributed by atoms with Gasteiger partial charge in [0.1, 0.15) is 0 Å². The van der Waals surface area contributed by atoms with Gasteiger partial charge in [0.05, 0.1) is 6.54 Å². The van der Waals surface area contributed by atoms with E-state index in [0.29, 0.717) is 18.6 Å². The summed E-state index contributed by atoms with van der Waals surface area (Å²) in [7, 11) is 1.93. The van der Waals surface area contributed by atoms with Crippen LogP contribution in [0, 0.1) is 0 Å². The Hall–Kier alpha value is -0.220. The van der Waals surface area contributed by atoms with E-state index in [0.717, 1.165) is 18.6 Å². The van der Waals surface area contributed by atoms with Crippen LogP contribution in [0.4, 0.5) is 0 Å². The van der Waals surface area contributed by atoms with Gasteiger partial charge in [0, 0.05) is 24.9 Å². The van der Waals surface area contributed by atoms with Crippen molar-refractivity contribution in [1.29, 1.82) is 0 Å². The van der Waals surface area contributed by atoms with Crippen LogP contribution >= 0.6 is 11.8 Å². The van der Waals surface area contributed by atoms with Crippen molar-refractivity contribution in [2.45, 2.75) is 38.8 Å². The summed E-state index contributed by atoms with van der Waals surface area (Å²) in [6.07, 6.45) is 2.21. The van der Waals surface area contributed by atoms with Crippen molar-refractivity contribution in [2.75, 3.05) is 25.1 Å². The lowest BCUT2D eigenvalue weighted by atomic mass is 10.2. The summed E-state index contributed by atoms with van der Waals surface area (Å²) < 4.78 is 0. The van der Waals surface area contributed by atoms with E-state index in [9.17, 15) is 4.79 Å². The first kappa shape index (κ1) is 12.8. The van der Waals surface area contributed by atoms with Gasteiger partial charge >= 0.3 is 0 Å². The molecule has 1 aliphatic rings. The average Bonchev–Trinajstić information content (AvgIpc) is 2.77. The first-order chi connectivity index (χ1) is 7.15. The maximum absolute atomic E-state index is 11.8. The lowest BCUT2D eigenvalue weighted by Gasteiger charge is -2.24. The molecule has 0 bridgehead atoms. The quantitative estimate of drug-likeness (QED) is 0.773. The molecule has 1 aliphatic heterocycles. The first-order valence-corrected chi connectivity index (χ1v) is 6.87. The van der Waals surface area contributed by atoms with Crippen molar-refractivity contribution in [3.05, 3.63) is 0 Å². The van der Waals surface area contributed by atoms with Gasteiger partial charge in [0.25, 0.3) is 0 Å². The zero-order chi connectivity index (χ0) is 11.3. The number of nitrogens with one attached hydrogen (secondary N) is 1. The Bertz CT molecular complexity index is 205. The Balaban J connectivity index is 2.26. The number of rotatable bonds is 5. The predicted molar refractivity (Wildman–Crippen MR) is 66.3 cm³/mol. The molecule has 0 aliphatic carbocycles. The molecule has 4 heteroatoms. The van der Waals surface area contributed by atoms with Gasteiger partial charge in [0.2, 0.25) is 5.91 Å². The third-order valence-electron chi connectivity index (χ3n) is 3.06. The summed E-state index contributed by atoms with van der Waals surface area (Å²) in [5.41, 5.74) is 0. The van der Waals surface area contributed by atoms with Crippen molar-refractivity contribution >= 4 is 17.7 Å². The van der Waals surface area contributed by atoms with Gasteiger partial charge in [-0.3, -0.25) is 4.79 Å². The zero-order valence-corrected chi connectivity index (χ0v) is 10.8. The topological polar surface area (TPSA) is 32.3 Å². The fourth-order valence-corrected chi connectivity index (χ4v) is 2.83. The number of likely N-dealkylation sites (N-methyl/N-ethyl adjacent to an activating group) is 1. The van der Waals surface area contributed by atoms with E-state index in [-0.39, 0.29) is 5.91 Å². The molecular weight excluding hydrogens is 208 g/mol. The molecule has 0 aromatic heterocycles. The van der Waals surface area contributed by atoms with E-state index in [1.54, 1.807) is 0 Å². The van der Waals surface area contributed by atoms with E-state index in [1.165, 1.54) is 5.75 Å². The molecule has 2 unspecified atom stereocenters. The highest BCUT2D eigenvalue weighted by molar-refractivity contribution is 7.99. The van der Waals surface area contributed by atoms with Crippen LogP contribution < -0.4 is 5.32 Å². The lowest BCUT2D eigenvalue weighted by molar-refractivity contribution is -0.130. The van der Waals surface area contributed by atoms with Crippen LogP contribution in [0.3, 0.4) is 0 Å². The summed E-state index contributed by atoms with van der Waals surface area (Å²) in [5.74, 6) is 2.52. The fourth-order valence-electron chi connectivity index (χ4n) is 1.56. The van der Waals surface area contributed by atoms with Gasteiger partial charge in [-0.25, -0.2) is 0 Å². The van der Waals surface area contributed by atoms with Crippen LogP contribution in [0.2, 0.25) is 0 Å². The van der Waals surface area contributed by atoms with E-state index in [1.807, 2.05) is 23.7 Å². The van der Waals surface area contributed by atoms with Crippen molar-refractivity contribution in [3.63, 3.8) is 0 Å². The van der Waals surface area contributed by atoms with Gasteiger partial charge < -0.3 is 10.2 Å². The van der Waals surface area contributed by atoms with E-state index in [2.05, 4.69) is 19.2 Å². The second kappa shape index (κ2) is 6.38. The highest BCUT2D eigenvalue weighted by Crippen LogP contribution is 2.21. The summed E-state index contributed by atoms with van der Waals surface area (Å²) in [4.78, 5) is 13.7. The van der Waals surface area contributed by atoms with Crippen molar-refractivity contribution in [3.8, 4) is 0 Å². The summed E-state index contributed by atoms with van der Waals surface area (Å²) >= 11 is 1.94. The molecule has 88 valence electrons. The van der Waals surface area contributed by atoms with Crippen molar-refractivity contribution in [2.24, 2.45) is 0 Å². The van der Waals surface area contributed by atoms with Crippen LogP contribution in [-0.4, -0.2) is 48.0 Å². The fraction of sp³-hybridized carbons (Fsp3) is 0.909. The van der Waals surface area contributed by atoms with Gasteiger partial charge in [0.15, 0.2) is 0 Å². The molecule has 0 radical (unpaired) electrons. The molecule has 0 saturated carbocycles. The van der Waals surface area contributed by atoms with Crippen molar-refractivity contribution < 1.29 is 4.79 Å². The highest BCUT2D eigenvalue weighted by atomic mass is 32.2. The smallest absolute Gasteiger partial charge is 0.236 e. The molecule has 1 N–H and O–H groups in total. The normalized spacial score (nSPS) is 22.7. The Labute approximate surface area is 97.0 Å². The van der Waals surface area contributed by atoms with Crippen LogP contribution in [-0.2, 0) is 4.79 Å². The summed E-state index contributed by atoms with van der Waals surface area (Å²) in [6, 6.07) is 0.890. The maximum Gasteiger partial charge on any atom is 0.236 e. The lowest BCUT2D eigenvalue weighted by Crippen LogP contribution is -2.43. The van der Waals surface area contributed by atoms with E-state index >= 15 is 0 Å². The Morgan fingerprint density at radius 2 is 2.40 bits per heavy atom. The molecule has 1 saturated heterocycles. The van der Waals surface area contributed by atoms with Crippen molar-refractivity contribution in [1.82, 2.24) is 10.2 Å². The van der Waals surface area contributed by atoms with Gasteiger partial charge in [-0.2, -0.15) is 11.8 Å². The van der Waals surface area contributed by atoms with Crippen LogP contribution in [0.1, 0.15) is 26.7 Å². The third kappa shape index (κ3) is 4.03. The monoisotopic (exact) mass is 230 g/mol. The third-order valence-corrected chi connectivity index (χ3v) is 4.21. The standard InChI is InChI=1S/C11H22N2OS/c1-4-9(2)12-7-11(14)13(3)10-5-6-15-8-10/h9-10,12H,4-8H2,1-3H3. The molecule has 1 heterocycles. The minimum Gasteiger partial charge on any atom is -0.341 e. The molecule has 1 rings (SSSR count). The first-order valence-electron chi connectivity index (χ1n) is 5.72. The Morgan fingerprint density at radius 1 is 1.67 bits per heavy atom. The Kier molecular flexibility index (Phi) is 5.47. The number of hydrogen-bond donors (Lipinski definition) is 1. The molecule has 0 aromatic rings. The molecule has 2 atom stereocenters. The minimum absolute atomic E-state index is 0.225. The number of carbonyl (C=O) groups is 1. The maximum atomic E-state index is 11.8. The number of amides is 1. The second-order valence-electron chi connectivity index (χ2n) is 4.21. The number of thioether (sulfide) groups is 1. The number of carbonyl (C=O) groups excluding carboxylic acids is 1. The van der Waals surface area contributed by atoms with Gasteiger partial charge in [-0.15, -0.1) is 0 Å². The Morgan fingerprint density at radius 3 is 2.93 bits per heavy atom. The predicted octanol–water partition coefficient (Wildman–Crippen LogP) is 1.34. The highest BCUT2D eigenvalue weighted by Gasteiger charge is 2.23.